The number of hydrogen-bond donors (Lipinski definition) is 1. The van der Waals surface area contributed by atoms with Gasteiger partial charge in [0.2, 0.25) is 5.95 Å². The van der Waals surface area contributed by atoms with Gasteiger partial charge >= 0.3 is 0 Å². The lowest BCUT2D eigenvalue weighted by atomic mass is 10.2. The summed E-state index contributed by atoms with van der Waals surface area (Å²) in [6.07, 6.45) is 0. The van der Waals surface area contributed by atoms with Gasteiger partial charge in [0.1, 0.15) is 5.82 Å². The molecule has 0 bridgehead atoms. The van der Waals surface area contributed by atoms with Gasteiger partial charge in [0.25, 0.3) is 0 Å². The topological polar surface area (TPSA) is 55.0 Å². The van der Waals surface area contributed by atoms with Crippen LogP contribution in [0.4, 0.5) is 11.8 Å². The monoisotopic (exact) mass is 228 g/mol. The van der Waals surface area contributed by atoms with E-state index in [4.69, 9.17) is 5.73 Å². The number of aromatic nitrogens is 2. The second-order valence-electron chi connectivity index (χ2n) is 4.07. The van der Waals surface area contributed by atoms with Gasteiger partial charge in [-0.25, -0.2) is 4.98 Å². The molecule has 0 aliphatic heterocycles. The zero-order chi connectivity index (χ0) is 12.3. The van der Waals surface area contributed by atoms with Crippen LogP contribution in [0.2, 0.25) is 0 Å². The fourth-order valence-corrected chi connectivity index (χ4v) is 1.71. The van der Waals surface area contributed by atoms with Gasteiger partial charge in [0, 0.05) is 25.4 Å². The molecule has 4 nitrogen and oxygen atoms in total. The second kappa shape index (κ2) is 4.82. The first-order chi connectivity index (χ1) is 8.15. The SMILES string of the molecule is Cc1cc(N(C)Cc2ccccc2)nc(N)n1. The Kier molecular flexibility index (Phi) is 3.23. The number of nitrogens with zero attached hydrogens (tertiary/aromatic N) is 3. The van der Waals surface area contributed by atoms with Gasteiger partial charge in [-0.1, -0.05) is 30.3 Å². The highest BCUT2D eigenvalue weighted by Gasteiger charge is 2.05. The van der Waals surface area contributed by atoms with Crippen LogP contribution in [0.1, 0.15) is 11.3 Å². The summed E-state index contributed by atoms with van der Waals surface area (Å²) in [6.45, 7) is 2.72. The average molecular weight is 228 g/mol. The quantitative estimate of drug-likeness (QED) is 0.873. The highest BCUT2D eigenvalue weighted by Crippen LogP contribution is 2.14. The van der Waals surface area contributed by atoms with Gasteiger partial charge < -0.3 is 10.6 Å². The summed E-state index contributed by atoms with van der Waals surface area (Å²) in [5.41, 5.74) is 7.76. The molecule has 2 N–H and O–H groups in total. The smallest absolute Gasteiger partial charge is 0.222 e. The van der Waals surface area contributed by atoms with Crippen molar-refractivity contribution in [1.29, 1.82) is 0 Å². The van der Waals surface area contributed by atoms with Crippen molar-refractivity contribution in [3.05, 3.63) is 47.7 Å². The standard InChI is InChI=1S/C13H16N4/c1-10-8-12(16-13(14)15-10)17(2)9-11-6-4-3-5-7-11/h3-8H,9H2,1-2H3,(H2,14,15,16). The van der Waals surface area contributed by atoms with Crippen LogP contribution < -0.4 is 10.6 Å². The molecule has 2 rings (SSSR count). The molecular weight excluding hydrogens is 212 g/mol. The maximum absolute atomic E-state index is 5.64. The lowest BCUT2D eigenvalue weighted by Crippen LogP contribution is -2.18. The van der Waals surface area contributed by atoms with E-state index < -0.39 is 0 Å². The first kappa shape index (κ1) is 11.4. The Hall–Kier alpha value is -2.10. The van der Waals surface area contributed by atoms with Crippen LogP contribution in [-0.4, -0.2) is 17.0 Å². The molecule has 1 heterocycles. The van der Waals surface area contributed by atoms with E-state index in [0.717, 1.165) is 18.1 Å². The van der Waals surface area contributed by atoms with E-state index >= 15 is 0 Å². The zero-order valence-electron chi connectivity index (χ0n) is 10.1. The van der Waals surface area contributed by atoms with Crippen LogP contribution in [-0.2, 0) is 6.54 Å². The highest BCUT2D eigenvalue weighted by molar-refractivity contribution is 5.43. The fraction of sp³-hybridized carbons (Fsp3) is 0.231. The van der Waals surface area contributed by atoms with E-state index in [0.29, 0.717) is 5.95 Å². The molecular formula is C13H16N4. The molecule has 4 heteroatoms. The molecule has 0 saturated carbocycles. The molecule has 0 atom stereocenters. The first-order valence-electron chi connectivity index (χ1n) is 5.51. The third-order valence-corrected chi connectivity index (χ3v) is 2.51. The second-order valence-corrected chi connectivity index (χ2v) is 4.07. The molecule has 0 unspecified atom stereocenters. The van der Waals surface area contributed by atoms with Gasteiger partial charge in [-0.2, -0.15) is 4.98 Å². The maximum atomic E-state index is 5.64. The minimum Gasteiger partial charge on any atom is -0.368 e. The molecule has 2 aromatic rings. The lowest BCUT2D eigenvalue weighted by molar-refractivity contribution is 0.889. The molecule has 1 aromatic carbocycles. The number of benzene rings is 1. The van der Waals surface area contributed by atoms with Crippen LogP contribution >= 0.6 is 0 Å². The third kappa shape index (κ3) is 2.93. The predicted molar refractivity (Wildman–Crippen MR) is 69.7 cm³/mol. The molecule has 1 aromatic heterocycles. The number of aryl methyl sites for hydroxylation is 1. The zero-order valence-corrected chi connectivity index (χ0v) is 10.1. The van der Waals surface area contributed by atoms with E-state index in [-0.39, 0.29) is 0 Å². The van der Waals surface area contributed by atoms with E-state index in [2.05, 4.69) is 27.0 Å². The summed E-state index contributed by atoms with van der Waals surface area (Å²) in [5.74, 6) is 1.17. The van der Waals surface area contributed by atoms with Crippen molar-refractivity contribution in [1.82, 2.24) is 9.97 Å². The largest absolute Gasteiger partial charge is 0.368 e. The Balaban J connectivity index is 2.17. The normalized spacial score (nSPS) is 10.2. The molecule has 0 amide bonds. The summed E-state index contributed by atoms with van der Waals surface area (Å²) < 4.78 is 0. The van der Waals surface area contributed by atoms with Gasteiger partial charge in [-0.3, -0.25) is 0 Å². The molecule has 0 saturated heterocycles. The number of hydrogen-bond acceptors (Lipinski definition) is 4. The molecule has 0 fully saturated rings. The minimum atomic E-state index is 0.319. The van der Waals surface area contributed by atoms with Crippen molar-refractivity contribution in [2.45, 2.75) is 13.5 Å². The van der Waals surface area contributed by atoms with Crippen molar-refractivity contribution in [3.8, 4) is 0 Å². The Bertz CT molecular complexity index is 476. The summed E-state index contributed by atoms with van der Waals surface area (Å²) in [5, 5.41) is 0. The Labute approximate surface area is 101 Å². The van der Waals surface area contributed by atoms with E-state index in [1.165, 1.54) is 5.56 Å². The van der Waals surface area contributed by atoms with Crippen LogP contribution in [0.5, 0.6) is 0 Å². The Morgan fingerprint density at radius 2 is 1.88 bits per heavy atom. The van der Waals surface area contributed by atoms with Crippen molar-refractivity contribution in [2.24, 2.45) is 0 Å². The molecule has 0 aliphatic rings. The number of rotatable bonds is 3. The highest BCUT2D eigenvalue weighted by atomic mass is 15.2. The van der Waals surface area contributed by atoms with Crippen LogP contribution in [0.3, 0.4) is 0 Å². The molecule has 0 spiro atoms. The van der Waals surface area contributed by atoms with Gasteiger partial charge in [0.15, 0.2) is 0 Å². The van der Waals surface area contributed by atoms with Gasteiger partial charge in [-0.05, 0) is 12.5 Å². The molecule has 0 radical (unpaired) electrons. The first-order valence-corrected chi connectivity index (χ1v) is 5.51. The van der Waals surface area contributed by atoms with Crippen molar-refractivity contribution in [3.63, 3.8) is 0 Å². The number of nitrogen functional groups attached to an aromatic ring is 1. The molecule has 17 heavy (non-hydrogen) atoms. The van der Waals surface area contributed by atoms with Gasteiger partial charge in [0.05, 0.1) is 0 Å². The van der Waals surface area contributed by atoms with Crippen molar-refractivity contribution >= 4 is 11.8 Å². The Morgan fingerprint density at radius 3 is 2.53 bits per heavy atom. The van der Waals surface area contributed by atoms with Gasteiger partial charge in [-0.15, -0.1) is 0 Å². The maximum Gasteiger partial charge on any atom is 0.222 e. The van der Waals surface area contributed by atoms with Crippen LogP contribution in [0, 0.1) is 6.92 Å². The lowest BCUT2D eigenvalue weighted by Gasteiger charge is -2.18. The number of nitrogens with two attached hydrogens (primary N) is 1. The minimum absolute atomic E-state index is 0.319. The summed E-state index contributed by atoms with van der Waals surface area (Å²) in [4.78, 5) is 10.3. The van der Waals surface area contributed by atoms with Crippen LogP contribution in [0.25, 0.3) is 0 Å². The van der Waals surface area contributed by atoms with E-state index in [1.807, 2.05) is 38.2 Å². The van der Waals surface area contributed by atoms with E-state index in [9.17, 15) is 0 Å². The number of anilines is 2. The third-order valence-electron chi connectivity index (χ3n) is 2.51. The predicted octanol–water partition coefficient (Wildman–Crippen LogP) is 2.00. The van der Waals surface area contributed by atoms with Crippen LogP contribution in [0.15, 0.2) is 36.4 Å². The van der Waals surface area contributed by atoms with E-state index in [1.54, 1.807) is 0 Å². The van der Waals surface area contributed by atoms with Crippen molar-refractivity contribution in [2.75, 3.05) is 17.7 Å². The Morgan fingerprint density at radius 1 is 1.18 bits per heavy atom. The van der Waals surface area contributed by atoms with Crippen molar-refractivity contribution < 1.29 is 0 Å². The summed E-state index contributed by atoms with van der Waals surface area (Å²) in [7, 11) is 1.99. The summed E-state index contributed by atoms with van der Waals surface area (Å²) in [6, 6.07) is 12.2. The molecule has 0 aliphatic carbocycles. The fourth-order valence-electron chi connectivity index (χ4n) is 1.71. The summed E-state index contributed by atoms with van der Waals surface area (Å²) >= 11 is 0. The average Bonchev–Trinajstić information content (AvgIpc) is 2.29. The molecule has 88 valence electrons.